The quantitative estimate of drug-likeness (QED) is 0.217. The summed E-state index contributed by atoms with van der Waals surface area (Å²) in [5.74, 6) is 0.260. The zero-order valence-electron chi connectivity index (χ0n) is 24.3. The van der Waals surface area contributed by atoms with Gasteiger partial charge in [-0.05, 0) is 107 Å². The molecule has 0 saturated heterocycles. The highest BCUT2D eigenvalue weighted by Gasteiger charge is 2.19. The zero-order valence-corrected chi connectivity index (χ0v) is 24.3. The predicted octanol–water partition coefficient (Wildman–Crippen LogP) is 10.4. The minimum Gasteiger partial charge on any atom is -0.326 e. The van der Waals surface area contributed by atoms with Crippen LogP contribution in [0.3, 0.4) is 0 Å². The van der Waals surface area contributed by atoms with Gasteiger partial charge >= 0.3 is 0 Å². The summed E-state index contributed by atoms with van der Waals surface area (Å²) >= 11 is 0. The van der Waals surface area contributed by atoms with Gasteiger partial charge in [0.2, 0.25) is 0 Å². The fraction of sp³-hybridized carbons (Fsp3) is 0.0714. The van der Waals surface area contributed by atoms with Crippen molar-refractivity contribution < 1.29 is 0 Å². The van der Waals surface area contributed by atoms with Crippen LogP contribution in [0.2, 0.25) is 0 Å². The van der Waals surface area contributed by atoms with Crippen LogP contribution in [0, 0.1) is 11.3 Å². The van der Waals surface area contributed by atoms with Gasteiger partial charge < -0.3 is 5.73 Å². The topological polar surface area (TPSA) is 49.8 Å². The minimum atomic E-state index is 0.260. The highest BCUT2D eigenvalue weighted by Crippen LogP contribution is 2.42. The standard InChI is InChI=1S/C42H30N2/c43-25-27-8-7-9-30(22-27)40-24-42-37-14-5-3-12-35(37)39(23-41(42)38-15-6-4-13-36(38)40)29-18-16-28(17-19-29)33-21-20-31(26-44)32-10-1-2-11-34(32)33/h1-16,18-24,28H,17,25,43H2. The summed E-state index contributed by atoms with van der Waals surface area (Å²) in [5.41, 5.74) is 14.1. The molecule has 2 N–H and O–H groups in total. The first kappa shape index (κ1) is 26.2. The lowest BCUT2D eigenvalue weighted by Gasteiger charge is -2.21. The van der Waals surface area contributed by atoms with Crippen molar-refractivity contribution in [2.45, 2.75) is 18.9 Å². The molecule has 0 radical (unpaired) electrons. The molecule has 8 rings (SSSR count). The van der Waals surface area contributed by atoms with Gasteiger partial charge in [-0.25, -0.2) is 0 Å². The van der Waals surface area contributed by atoms with E-state index >= 15 is 0 Å². The van der Waals surface area contributed by atoms with E-state index in [4.69, 9.17) is 5.73 Å². The van der Waals surface area contributed by atoms with Gasteiger partial charge in [-0.2, -0.15) is 5.26 Å². The SMILES string of the molecule is N#Cc1ccc(C2C=CC(c3cc4c5ccccc5c(-c5cccc(CN)c5)cc4c4ccccc34)=CC2)c2ccccc12. The monoisotopic (exact) mass is 562 g/mol. The van der Waals surface area contributed by atoms with Crippen LogP contribution in [0.5, 0.6) is 0 Å². The van der Waals surface area contributed by atoms with Crippen LogP contribution < -0.4 is 5.73 Å². The number of rotatable bonds is 4. The summed E-state index contributed by atoms with van der Waals surface area (Å²) in [7, 11) is 0. The number of hydrogen-bond donors (Lipinski definition) is 1. The summed E-state index contributed by atoms with van der Waals surface area (Å²) in [4.78, 5) is 0. The molecule has 44 heavy (non-hydrogen) atoms. The molecular weight excluding hydrogens is 532 g/mol. The Morgan fingerprint density at radius 3 is 1.91 bits per heavy atom. The fourth-order valence-electron chi connectivity index (χ4n) is 7.09. The van der Waals surface area contributed by atoms with Gasteiger partial charge in [0.05, 0.1) is 11.6 Å². The molecule has 7 aromatic carbocycles. The van der Waals surface area contributed by atoms with Crippen molar-refractivity contribution in [3.05, 3.63) is 162 Å². The molecule has 1 aliphatic rings. The van der Waals surface area contributed by atoms with Crippen LogP contribution in [0.15, 0.2) is 140 Å². The molecule has 0 aromatic heterocycles. The first-order chi connectivity index (χ1) is 21.7. The number of nitrogens with two attached hydrogens (primary N) is 1. The maximum absolute atomic E-state index is 9.64. The third kappa shape index (κ3) is 4.21. The van der Waals surface area contributed by atoms with Crippen molar-refractivity contribution in [3.8, 4) is 17.2 Å². The Labute approximate surface area is 257 Å². The van der Waals surface area contributed by atoms with Crippen LogP contribution >= 0.6 is 0 Å². The number of fused-ring (bicyclic) bond motifs is 6. The van der Waals surface area contributed by atoms with Crippen molar-refractivity contribution in [2.24, 2.45) is 5.73 Å². The number of benzene rings is 7. The largest absolute Gasteiger partial charge is 0.326 e. The summed E-state index contributed by atoms with van der Waals surface area (Å²) < 4.78 is 0. The molecule has 0 heterocycles. The van der Waals surface area contributed by atoms with Crippen LogP contribution in [-0.4, -0.2) is 0 Å². The Balaban J connectivity index is 1.28. The predicted molar refractivity (Wildman–Crippen MR) is 185 cm³/mol. The number of allylic oxidation sites excluding steroid dienone is 4. The maximum Gasteiger partial charge on any atom is 0.0998 e. The van der Waals surface area contributed by atoms with Crippen molar-refractivity contribution in [2.75, 3.05) is 0 Å². The van der Waals surface area contributed by atoms with E-state index in [9.17, 15) is 5.26 Å². The highest BCUT2D eigenvalue weighted by molar-refractivity contribution is 6.23. The lowest BCUT2D eigenvalue weighted by atomic mass is 9.83. The Bertz CT molecular complexity index is 2370. The molecule has 2 nitrogen and oxygen atoms in total. The second-order valence-corrected chi connectivity index (χ2v) is 11.7. The lowest BCUT2D eigenvalue weighted by Crippen LogP contribution is -2.01. The molecule has 1 atom stereocenters. The van der Waals surface area contributed by atoms with Gasteiger partial charge in [0.25, 0.3) is 0 Å². The smallest absolute Gasteiger partial charge is 0.0998 e. The number of nitrogens with zero attached hydrogens (tertiary/aromatic N) is 1. The Kier molecular flexibility index (Phi) is 6.33. The molecule has 0 spiro atoms. The van der Waals surface area contributed by atoms with E-state index in [0.717, 1.165) is 28.3 Å². The minimum absolute atomic E-state index is 0.260. The second kappa shape index (κ2) is 10.7. The van der Waals surface area contributed by atoms with Crippen LogP contribution in [-0.2, 0) is 6.54 Å². The van der Waals surface area contributed by atoms with Crippen molar-refractivity contribution >= 4 is 48.7 Å². The molecule has 1 aliphatic carbocycles. The summed E-state index contributed by atoms with van der Waals surface area (Å²) in [6, 6.07) is 45.7. The van der Waals surface area contributed by atoms with E-state index in [1.54, 1.807) is 0 Å². The van der Waals surface area contributed by atoms with Crippen molar-refractivity contribution in [1.82, 2.24) is 0 Å². The summed E-state index contributed by atoms with van der Waals surface area (Å²) in [6.45, 7) is 0.524. The van der Waals surface area contributed by atoms with Gasteiger partial charge in [0.1, 0.15) is 0 Å². The highest BCUT2D eigenvalue weighted by atomic mass is 14.5. The van der Waals surface area contributed by atoms with Crippen molar-refractivity contribution in [3.63, 3.8) is 0 Å². The Morgan fingerprint density at radius 1 is 0.614 bits per heavy atom. The van der Waals surface area contributed by atoms with E-state index in [-0.39, 0.29) is 5.92 Å². The van der Waals surface area contributed by atoms with Gasteiger partial charge in [0, 0.05) is 12.5 Å². The third-order valence-electron chi connectivity index (χ3n) is 9.24. The Hall–Kier alpha value is -5.49. The molecular formula is C42H30N2. The molecule has 7 aromatic rings. The van der Waals surface area contributed by atoms with Gasteiger partial charge in [-0.3, -0.25) is 0 Å². The zero-order chi connectivity index (χ0) is 29.6. The normalized spacial score (nSPS) is 14.7. The van der Waals surface area contributed by atoms with E-state index in [1.807, 2.05) is 12.1 Å². The second-order valence-electron chi connectivity index (χ2n) is 11.7. The summed E-state index contributed by atoms with van der Waals surface area (Å²) in [5, 5.41) is 19.4. The fourth-order valence-corrected chi connectivity index (χ4v) is 7.09. The number of hydrogen-bond acceptors (Lipinski definition) is 2. The number of nitriles is 1. The lowest BCUT2D eigenvalue weighted by molar-refractivity contribution is 0.865. The van der Waals surface area contributed by atoms with Gasteiger partial charge in [-0.1, -0.05) is 115 Å². The Morgan fingerprint density at radius 2 is 1.25 bits per heavy atom. The first-order valence-electron chi connectivity index (χ1n) is 15.2. The molecule has 0 amide bonds. The molecule has 0 saturated carbocycles. The van der Waals surface area contributed by atoms with E-state index in [0.29, 0.717) is 6.54 Å². The maximum atomic E-state index is 9.64. The molecule has 0 fully saturated rings. The van der Waals surface area contributed by atoms with E-state index in [1.165, 1.54) is 60.1 Å². The average Bonchev–Trinajstić information content (AvgIpc) is 3.10. The summed E-state index contributed by atoms with van der Waals surface area (Å²) in [6.07, 6.45) is 7.93. The van der Waals surface area contributed by atoms with Crippen LogP contribution in [0.1, 0.15) is 34.6 Å². The third-order valence-corrected chi connectivity index (χ3v) is 9.24. The van der Waals surface area contributed by atoms with E-state index in [2.05, 4.69) is 133 Å². The van der Waals surface area contributed by atoms with Gasteiger partial charge in [0.15, 0.2) is 0 Å². The van der Waals surface area contributed by atoms with Gasteiger partial charge in [-0.15, -0.1) is 0 Å². The molecule has 1 unspecified atom stereocenters. The molecule has 208 valence electrons. The molecule has 0 bridgehead atoms. The van der Waals surface area contributed by atoms with Crippen molar-refractivity contribution in [1.29, 1.82) is 5.26 Å². The average molecular weight is 563 g/mol. The van der Waals surface area contributed by atoms with E-state index < -0.39 is 0 Å². The van der Waals surface area contributed by atoms with Crippen LogP contribution in [0.4, 0.5) is 0 Å². The molecule has 0 aliphatic heterocycles. The first-order valence-corrected chi connectivity index (χ1v) is 15.2. The van der Waals surface area contributed by atoms with Crippen LogP contribution in [0.25, 0.3) is 59.8 Å². The molecule has 2 heteroatoms.